The van der Waals surface area contributed by atoms with Crippen molar-refractivity contribution in [3.05, 3.63) is 29.6 Å². The van der Waals surface area contributed by atoms with Gasteiger partial charge in [0, 0.05) is 25.0 Å². The molecular formula is C11H18N4S. The van der Waals surface area contributed by atoms with Crippen molar-refractivity contribution < 1.29 is 0 Å². The van der Waals surface area contributed by atoms with Crippen LogP contribution in [0.5, 0.6) is 0 Å². The Labute approximate surface area is 101 Å². The van der Waals surface area contributed by atoms with Crippen LogP contribution in [0.25, 0.3) is 0 Å². The Morgan fingerprint density at radius 2 is 2.38 bits per heavy atom. The molecule has 16 heavy (non-hydrogen) atoms. The molecule has 0 saturated heterocycles. The Balaban J connectivity index is 2.69. The summed E-state index contributed by atoms with van der Waals surface area (Å²) in [4.78, 5) is 6.34. The van der Waals surface area contributed by atoms with Crippen LogP contribution in [0.2, 0.25) is 0 Å². The van der Waals surface area contributed by atoms with E-state index in [0.29, 0.717) is 5.69 Å². The number of pyridine rings is 1. The van der Waals surface area contributed by atoms with Crippen LogP contribution in [-0.2, 0) is 6.54 Å². The number of thioether (sulfide) groups is 1. The molecule has 0 amide bonds. The predicted molar refractivity (Wildman–Crippen MR) is 70.0 cm³/mol. The van der Waals surface area contributed by atoms with Gasteiger partial charge in [0.2, 0.25) is 0 Å². The number of nitrogens with two attached hydrogens (primary N) is 1. The van der Waals surface area contributed by atoms with E-state index >= 15 is 0 Å². The quantitative estimate of drug-likeness (QED) is 0.576. The molecule has 0 spiro atoms. The summed E-state index contributed by atoms with van der Waals surface area (Å²) < 4.78 is 0. The van der Waals surface area contributed by atoms with Gasteiger partial charge in [0.25, 0.3) is 0 Å². The maximum atomic E-state index is 7.45. The standard InChI is InChI=1S/C11H18N4S/c1-15(6-7-16-2)8-9-4-3-5-14-10(9)11(12)13/h3-5H,6-8H2,1-2H3,(H3,12,13). The molecule has 1 rings (SSSR count). The average Bonchev–Trinajstić information content (AvgIpc) is 2.27. The first-order valence-corrected chi connectivity index (χ1v) is 6.50. The number of hydrogen-bond acceptors (Lipinski definition) is 4. The van der Waals surface area contributed by atoms with Gasteiger partial charge in [0.15, 0.2) is 0 Å². The lowest BCUT2D eigenvalue weighted by molar-refractivity contribution is 0.348. The van der Waals surface area contributed by atoms with Crippen molar-refractivity contribution in [1.82, 2.24) is 9.88 Å². The van der Waals surface area contributed by atoms with E-state index in [2.05, 4.69) is 23.2 Å². The molecule has 0 atom stereocenters. The fourth-order valence-electron chi connectivity index (χ4n) is 1.43. The molecule has 5 heteroatoms. The fourth-order valence-corrected chi connectivity index (χ4v) is 1.92. The Morgan fingerprint density at radius 1 is 1.62 bits per heavy atom. The van der Waals surface area contributed by atoms with E-state index in [1.165, 1.54) is 0 Å². The lowest BCUT2D eigenvalue weighted by Gasteiger charge is -2.17. The van der Waals surface area contributed by atoms with Gasteiger partial charge in [0.1, 0.15) is 11.5 Å². The Bertz CT molecular complexity index is 354. The summed E-state index contributed by atoms with van der Waals surface area (Å²) in [6, 6.07) is 3.85. The molecule has 0 saturated carbocycles. The molecule has 0 fully saturated rings. The third kappa shape index (κ3) is 3.83. The van der Waals surface area contributed by atoms with Gasteiger partial charge in [-0.1, -0.05) is 6.07 Å². The SMILES string of the molecule is CSCCN(C)Cc1cccnc1C(=N)N. The molecule has 0 aliphatic rings. The van der Waals surface area contributed by atoms with Crippen molar-refractivity contribution in [3.63, 3.8) is 0 Å². The topological polar surface area (TPSA) is 66.0 Å². The molecule has 0 unspecified atom stereocenters. The fraction of sp³-hybridized carbons (Fsp3) is 0.455. The first-order chi connectivity index (χ1) is 7.65. The summed E-state index contributed by atoms with van der Waals surface area (Å²) in [5.74, 6) is 1.14. The van der Waals surface area contributed by atoms with Gasteiger partial charge < -0.3 is 10.6 Å². The molecule has 1 heterocycles. The lowest BCUT2D eigenvalue weighted by Crippen LogP contribution is -2.24. The summed E-state index contributed by atoms with van der Waals surface area (Å²) in [5.41, 5.74) is 7.10. The highest BCUT2D eigenvalue weighted by atomic mass is 32.2. The van der Waals surface area contributed by atoms with Crippen molar-refractivity contribution in [2.45, 2.75) is 6.54 Å². The second-order valence-electron chi connectivity index (χ2n) is 3.66. The minimum atomic E-state index is 0.0360. The van der Waals surface area contributed by atoms with E-state index in [1.807, 2.05) is 23.9 Å². The normalized spacial score (nSPS) is 10.7. The Morgan fingerprint density at radius 3 is 3.00 bits per heavy atom. The summed E-state index contributed by atoms with van der Waals surface area (Å²) in [6.45, 7) is 1.80. The van der Waals surface area contributed by atoms with Crippen molar-refractivity contribution in [3.8, 4) is 0 Å². The van der Waals surface area contributed by atoms with Gasteiger partial charge >= 0.3 is 0 Å². The van der Waals surface area contributed by atoms with E-state index in [9.17, 15) is 0 Å². The minimum absolute atomic E-state index is 0.0360. The molecule has 0 aromatic carbocycles. The maximum absolute atomic E-state index is 7.45. The summed E-state index contributed by atoms with van der Waals surface area (Å²) in [5, 5.41) is 7.45. The summed E-state index contributed by atoms with van der Waals surface area (Å²) in [7, 11) is 2.06. The van der Waals surface area contributed by atoms with E-state index in [4.69, 9.17) is 11.1 Å². The maximum Gasteiger partial charge on any atom is 0.142 e. The van der Waals surface area contributed by atoms with E-state index in [1.54, 1.807) is 6.20 Å². The third-order valence-electron chi connectivity index (χ3n) is 2.26. The van der Waals surface area contributed by atoms with Crippen LogP contribution in [0.3, 0.4) is 0 Å². The number of rotatable bonds is 6. The van der Waals surface area contributed by atoms with Gasteiger partial charge in [-0.15, -0.1) is 0 Å². The highest BCUT2D eigenvalue weighted by Crippen LogP contribution is 2.08. The van der Waals surface area contributed by atoms with Gasteiger partial charge in [-0.3, -0.25) is 10.4 Å². The van der Waals surface area contributed by atoms with Crippen molar-refractivity contribution in [1.29, 1.82) is 5.41 Å². The van der Waals surface area contributed by atoms with Crippen molar-refractivity contribution >= 4 is 17.6 Å². The average molecular weight is 238 g/mol. The number of nitrogens with zero attached hydrogens (tertiary/aromatic N) is 2. The first-order valence-electron chi connectivity index (χ1n) is 5.11. The second-order valence-corrected chi connectivity index (χ2v) is 4.64. The molecule has 1 aromatic rings. The number of nitrogen functional groups attached to an aromatic ring is 1. The monoisotopic (exact) mass is 238 g/mol. The first kappa shape index (κ1) is 13.0. The van der Waals surface area contributed by atoms with Gasteiger partial charge in [-0.05, 0) is 24.9 Å². The molecular weight excluding hydrogens is 220 g/mol. The van der Waals surface area contributed by atoms with Crippen LogP contribution in [-0.4, -0.2) is 41.3 Å². The highest BCUT2D eigenvalue weighted by molar-refractivity contribution is 7.98. The molecule has 1 aromatic heterocycles. The molecule has 0 aliphatic heterocycles. The van der Waals surface area contributed by atoms with Crippen LogP contribution in [0.15, 0.2) is 18.3 Å². The zero-order valence-electron chi connectivity index (χ0n) is 9.73. The van der Waals surface area contributed by atoms with Crippen LogP contribution < -0.4 is 5.73 Å². The van der Waals surface area contributed by atoms with E-state index in [0.717, 1.165) is 24.4 Å². The Hall–Kier alpha value is -1.07. The van der Waals surface area contributed by atoms with E-state index < -0.39 is 0 Å². The van der Waals surface area contributed by atoms with Crippen LogP contribution in [0, 0.1) is 5.41 Å². The zero-order chi connectivity index (χ0) is 12.0. The third-order valence-corrected chi connectivity index (χ3v) is 2.85. The second kappa shape index (κ2) is 6.50. The largest absolute Gasteiger partial charge is 0.382 e. The number of nitrogens with one attached hydrogen (secondary N) is 1. The smallest absolute Gasteiger partial charge is 0.142 e. The summed E-state index contributed by atoms with van der Waals surface area (Å²) >= 11 is 1.83. The lowest BCUT2D eigenvalue weighted by atomic mass is 10.1. The van der Waals surface area contributed by atoms with E-state index in [-0.39, 0.29) is 5.84 Å². The Kier molecular flexibility index (Phi) is 5.28. The van der Waals surface area contributed by atoms with Gasteiger partial charge in [0.05, 0.1) is 0 Å². The molecule has 0 aliphatic carbocycles. The van der Waals surface area contributed by atoms with Crippen LogP contribution in [0.4, 0.5) is 0 Å². The molecule has 4 nitrogen and oxygen atoms in total. The van der Waals surface area contributed by atoms with Gasteiger partial charge in [-0.25, -0.2) is 0 Å². The predicted octanol–water partition coefficient (Wildman–Crippen LogP) is 1.16. The number of hydrogen-bond donors (Lipinski definition) is 2. The molecule has 3 N–H and O–H groups in total. The highest BCUT2D eigenvalue weighted by Gasteiger charge is 2.08. The van der Waals surface area contributed by atoms with Crippen molar-refractivity contribution in [2.24, 2.45) is 5.73 Å². The number of amidine groups is 1. The molecule has 88 valence electrons. The zero-order valence-corrected chi connectivity index (χ0v) is 10.5. The van der Waals surface area contributed by atoms with Crippen LogP contribution >= 0.6 is 11.8 Å². The summed E-state index contributed by atoms with van der Waals surface area (Å²) in [6.07, 6.45) is 3.76. The van der Waals surface area contributed by atoms with Crippen LogP contribution in [0.1, 0.15) is 11.3 Å². The van der Waals surface area contributed by atoms with Crippen molar-refractivity contribution in [2.75, 3.05) is 25.6 Å². The molecule has 0 bridgehead atoms. The number of aromatic nitrogens is 1. The molecule has 0 radical (unpaired) electrons. The van der Waals surface area contributed by atoms with Gasteiger partial charge in [-0.2, -0.15) is 11.8 Å². The minimum Gasteiger partial charge on any atom is -0.382 e.